The number of likely N-dealkylation sites (tertiary alicyclic amines) is 1. The second-order valence-electron chi connectivity index (χ2n) is 9.55. The van der Waals surface area contributed by atoms with Crippen LogP contribution in [0.25, 0.3) is 27.7 Å². The summed E-state index contributed by atoms with van der Waals surface area (Å²) in [5, 5.41) is 20.3. The molecule has 8 heteroatoms. The van der Waals surface area contributed by atoms with Gasteiger partial charge in [0.25, 0.3) is 5.91 Å². The monoisotopic (exact) mass is 487 g/mol. The Morgan fingerprint density at radius 1 is 1.08 bits per heavy atom. The van der Waals surface area contributed by atoms with Crippen molar-refractivity contribution in [1.82, 2.24) is 19.5 Å². The van der Waals surface area contributed by atoms with Crippen molar-refractivity contribution in [3.05, 3.63) is 84.6 Å². The third kappa shape index (κ3) is 4.39. The number of hydrogen-bond donors (Lipinski definition) is 2. The molecule has 0 aliphatic carbocycles. The van der Waals surface area contributed by atoms with E-state index in [1.807, 2.05) is 65.6 Å². The second kappa shape index (κ2) is 9.62. The smallest absolute Gasteiger partial charge is 0.254 e. The Bertz CT molecular complexity index is 1610. The zero-order chi connectivity index (χ0) is 25.4. The van der Waals surface area contributed by atoms with E-state index in [0.717, 1.165) is 41.5 Å². The zero-order valence-electron chi connectivity index (χ0n) is 20.3. The Balaban J connectivity index is 1.23. The van der Waals surface area contributed by atoms with Gasteiger partial charge < -0.3 is 15.3 Å². The van der Waals surface area contributed by atoms with Crippen molar-refractivity contribution in [2.24, 2.45) is 5.92 Å². The number of carbonyl (C=O) groups is 1. The number of nitrogens with one attached hydrogen (secondary N) is 1. The van der Waals surface area contributed by atoms with E-state index in [4.69, 9.17) is 7.85 Å². The van der Waals surface area contributed by atoms with E-state index in [9.17, 15) is 9.90 Å². The summed E-state index contributed by atoms with van der Waals surface area (Å²) in [5.41, 5.74) is 2.97. The highest BCUT2D eigenvalue weighted by Gasteiger charge is 2.26. The average molecular weight is 487 g/mol. The van der Waals surface area contributed by atoms with E-state index >= 15 is 0 Å². The highest BCUT2D eigenvalue weighted by Crippen LogP contribution is 2.30. The van der Waals surface area contributed by atoms with Crippen LogP contribution in [-0.2, 0) is 0 Å². The number of rotatable bonds is 5. The minimum Gasteiger partial charge on any atom is -0.507 e. The molecule has 3 heterocycles. The third-order valence-corrected chi connectivity index (χ3v) is 7.08. The van der Waals surface area contributed by atoms with Gasteiger partial charge in [-0.05, 0) is 53.2 Å². The van der Waals surface area contributed by atoms with Crippen molar-refractivity contribution in [2.75, 3.05) is 25.0 Å². The van der Waals surface area contributed by atoms with Crippen LogP contribution < -0.4 is 10.8 Å². The maximum absolute atomic E-state index is 13.5. The van der Waals surface area contributed by atoms with E-state index < -0.39 is 0 Å². The summed E-state index contributed by atoms with van der Waals surface area (Å²) in [5.74, 6) is 1.24. The molecule has 2 radical (unpaired) electrons. The minimum atomic E-state index is 0.0782. The molecule has 5 aromatic rings. The maximum atomic E-state index is 13.5. The molecule has 1 unspecified atom stereocenters. The van der Waals surface area contributed by atoms with E-state index in [1.165, 1.54) is 0 Å². The van der Waals surface area contributed by atoms with E-state index in [-0.39, 0.29) is 17.6 Å². The minimum absolute atomic E-state index is 0.0782. The van der Waals surface area contributed by atoms with Crippen LogP contribution in [0, 0.1) is 5.92 Å². The van der Waals surface area contributed by atoms with Crippen LogP contribution in [0.3, 0.4) is 0 Å². The summed E-state index contributed by atoms with van der Waals surface area (Å²) in [4.78, 5) is 20.1. The van der Waals surface area contributed by atoms with Gasteiger partial charge in [0.2, 0.25) is 0 Å². The van der Waals surface area contributed by atoms with Crippen molar-refractivity contribution >= 4 is 41.5 Å². The topological polar surface area (TPSA) is 82.8 Å². The van der Waals surface area contributed by atoms with Gasteiger partial charge in [-0.3, -0.25) is 4.79 Å². The number of aromatic nitrogens is 3. The number of phenolic OH excluding ortho intramolecular Hbond substituents is 1. The normalized spacial score (nSPS) is 15.8. The Kier molecular flexibility index (Phi) is 6.00. The largest absolute Gasteiger partial charge is 0.507 e. The molecule has 1 aliphatic rings. The number of phenols is 1. The lowest BCUT2D eigenvalue weighted by atomic mass is 9.96. The molecule has 7 nitrogen and oxygen atoms in total. The number of hydrogen-bond acceptors (Lipinski definition) is 5. The third-order valence-electron chi connectivity index (χ3n) is 7.08. The lowest BCUT2D eigenvalue weighted by Crippen LogP contribution is -2.42. The number of piperidine rings is 1. The predicted octanol–water partition coefficient (Wildman–Crippen LogP) is 4.01. The van der Waals surface area contributed by atoms with Gasteiger partial charge in [0, 0.05) is 43.0 Å². The van der Waals surface area contributed by atoms with Gasteiger partial charge in [-0.1, -0.05) is 48.5 Å². The number of para-hydroxylation sites is 1. The van der Waals surface area contributed by atoms with Crippen LogP contribution in [0.2, 0.25) is 0 Å². The predicted molar refractivity (Wildman–Crippen MR) is 147 cm³/mol. The maximum Gasteiger partial charge on any atom is 0.254 e. The molecule has 0 bridgehead atoms. The number of amides is 1. The summed E-state index contributed by atoms with van der Waals surface area (Å²) >= 11 is 0. The fraction of sp³-hybridized carbons (Fsp3) is 0.207. The van der Waals surface area contributed by atoms with Gasteiger partial charge in [0.15, 0.2) is 5.65 Å². The highest BCUT2D eigenvalue weighted by molar-refractivity contribution is 6.36. The van der Waals surface area contributed by atoms with Gasteiger partial charge in [-0.15, -0.1) is 0 Å². The van der Waals surface area contributed by atoms with Crippen LogP contribution in [0.5, 0.6) is 5.75 Å². The Morgan fingerprint density at radius 2 is 1.89 bits per heavy atom. The summed E-state index contributed by atoms with van der Waals surface area (Å²) in [6.07, 6.45) is 3.55. The molecule has 182 valence electrons. The summed E-state index contributed by atoms with van der Waals surface area (Å²) in [7, 11) is 6.14. The van der Waals surface area contributed by atoms with Crippen LogP contribution >= 0.6 is 0 Å². The lowest BCUT2D eigenvalue weighted by molar-refractivity contribution is 0.0682. The van der Waals surface area contributed by atoms with Gasteiger partial charge in [0.05, 0.1) is 5.69 Å². The first kappa shape index (κ1) is 23.1. The van der Waals surface area contributed by atoms with Crippen molar-refractivity contribution in [1.29, 1.82) is 0 Å². The fourth-order valence-electron chi connectivity index (χ4n) is 5.18. The first-order valence-corrected chi connectivity index (χ1v) is 12.5. The number of anilines is 1. The first-order chi connectivity index (χ1) is 18.1. The first-order valence-electron chi connectivity index (χ1n) is 12.5. The molecule has 1 saturated heterocycles. The van der Waals surface area contributed by atoms with Crippen molar-refractivity contribution < 1.29 is 9.90 Å². The average Bonchev–Trinajstić information content (AvgIpc) is 3.32. The molecule has 2 aromatic heterocycles. The summed E-state index contributed by atoms with van der Waals surface area (Å²) < 4.78 is 1.68. The fourth-order valence-corrected chi connectivity index (χ4v) is 5.18. The van der Waals surface area contributed by atoms with Crippen molar-refractivity contribution in [2.45, 2.75) is 12.8 Å². The molecule has 2 N–H and O–H groups in total. The number of fused-ring (bicyclic) bond motifs is 2. The van der Waals surface area contributed by atoms with Crippen LogP contribution in [0.15, 0.2) is 79.0 Å². The Morgan fingerprint density at radius 3 is 2.78 bits per heavy atom. The Labute approximate surface area is 216 Å². The molecule has 1 amide bonds. The molecular formula is C29H26BN5O2. The molecule has 6 rings (SSSR count). The van der Waals surface area contributed by atoms with Crippen LogP contribution in [0.4, 0.5) is 5.82 Å². The molecule has 3 aromatic carbocycles. The molecule has 1 fully saturated rings. The van der Waals surface area contributed by atoms with Gasteiger partial charge in [-0.2, -0.15) is 9.61 Å². The van der Waals surface area contributed by atoms with Gasteiger partial charge in [-0.25, -0.2) is 4.98 Å². The van der Waals surface area contributed by atoms with E-state index in [0.29, 0.717) is 35.5 Å². The SMILES string of the molecule is [B]c1cnn2c(NCC3CCCN(C(=O)c4cccc5ccccc45)C3)cc(-c3ccccc3O)nc12. The number of nitrogens with zero attached hydrogens (tertiary/aromatic N) is 4. The number of benzene rings is 3. The summed E-state index contributed by atoms with van der Waals surface area (Å²) in [6.45, 7) is 2.10. The van der Waals surface area contributed by atoms with E-state index in [2.05, 4.69) is 15.4 Å². The number of aromatic hydroxyl groups is 1. The van der Waals surface area contributed by atoms with Gasteiger partial charge >= 0.3 is 0 Å². The zero-order valence-corrected chi connectivity index (χ0v) is 20.3. The quantitative estimate of drug-likeness (QED) is 0.366. The standard InChI is InChI=1S/C29H26BN5O2/c30-24-17-32-35-27(15-25(33-28(24)35)23-11-3-4-13-26(23)36)31-16-19-7-6-14-34(18-19)29(37)22-12-5-9-20-8-1-2-10-21(20)22/h1-5,8-13,15,17,19,31,36H,6-7,14,16,18H2. The molecule has 0 saturated carbocycles. The van der Waals surface area contributed by atoms with Crippen molar-refractivity contribution in [3.8, 4) is 17.0 Å². The van der Waals surface area contributed by atoms with E-state index in [1.54, 1.807) is 22.8 Å². The van der Waals surface area contributed by atoms with Crippen LogP contribution in [0.1, 0.15) is 23.2 Å². The summed E-state index contributed by atoms with van der Waals surface area (Å²) in [6, 6.07) is 22.9. The molecular weight excluding hydrogens is 461 g/mol. The Hall–Kier alpha value is -4.33. The van der Waals surface area contributed by atoms with Crippen LogP contribution in [-0.4, -0.2) is 58.0 Å². The van der Waals surface area contributed by atoms with Crippen molar-refractivity contribution in [3.63, 3.8) is 0 Å². The highest BCUT2D eigenvalue weighted by atomic mass is 16.3. The molecule has 0 spiro atoms. The molecule has 37 heavy (non-hydrogen) atoms. The van der Waals surface area contributed by atoms with Gasteiger partial charge in [0.1, 0.15) is 19.4 Å². The lowest BCUT2D eigenvalue weighted by Gasteiger charge is -2.33. The molecule has 1 aliphatic heterocycles. The second-order valence-corrected chi connectivity index (χ2v) is 9.55. The number of carbonyl (C=O) groups excluding carboxylic acids is 1. The molecule has 1 atom stereocenters.